The van der Waals surface area contributed by atoms with E-state index in [9.17, 15) is 0 Å². The number of hydrogen-bond acceptors (Lipinski definition) is 4. The summed E-state index contributed by atoms with van der Waals surface area (Å²) in [5.74, 6) is 1.73. The van der Waals surface area contributed by atoms with Gasteiger partial charge in [0.15, 0.2) is 0 Å². The summed E-state index contributed by atoms with van der Waals surface area (Å²) in [6.45, 7) is 6.91. The van der Waals surface area contributed by atoms with Crippen LogP contribution in [0.25, 0.3) is 0 Å². The molecule has 0 radical (unpaired) electrons. The van der Waals surface area contributed by atoms with Crippen molar-refractivity contribution in [2.75, 3.05) is 32.6 Å². The van der Waals surface area contributed by atoms with Gasteiger partial charge in [0, 0.05) is 24.7 Å². The van der Waals surface area contributed by atoms with Gasteiger partial charge >= 0.3 is 0 Å². The van der Waals surface area contributed by atoms with E-state index in [1.807, 2.05) is 18.2 Å². The van der Waals surface area contributed by atoms with Gasteiger partial charge in [-0.15, -0.1) is 0 Å². The van der Waals surface area contributed by atoms with Gasteiger partial charge in [-0.25, -0.2) is 0 Å². The minimum atomic E-state index is 0.495. The van der Waals surface area contributed by atoms with Gasteiger partial charge in [-0.1, -0.05) is 0 Å². The third-order valence-corrected chi connectivity index (χ3v) is 4.26. The Morgan fingerprint density at radius 1 is 1.14 bits per heavy atom. The zero-order valence-electron chi connectivity index (χ0n) is 13.7. The molecule has 0 saturated carbocycles. The Morgan fingerprint density at radius 2 is 1.95 bits per heavy atom. The fourth-order valence-electron chi connectivity index (χ4n) is 2.93. The van der Waals surface area contributed by atoms with Crippen molar-refractivity contribution in [3.05, 3.63) is 18.2 Å². The summed E-state index contributed by atoms with van der Waals surface area (Å²) in [5, 5.41) is 3.64. The molecule has 1 heterocycles. The Morgan fingerprint density at radius 3 is 2.62 bits per heavy atom. The van der Waals surface area contributed by atoms with Gasteiger partial charge in [0.25, 0.3) is 0 Å². The van der Waals surface area contributed by atoms with E-state index in [4.69, 9.17) is 9.47 Å². The molecule has 0 aromatic heterocycles. The van der Waals surface area contributed by atoms with E-state index in [1.54, 1.807) is 14.2 Å². The number of ether oxygens (including phenoxy) is 2. The molecule has 4 nitrogen and oxygen atoms in total. The fraction of sp³-hybridized carbons (Fsp3) is 0.647. The van der Waals surface area contributed by atoms with Crippen LogP contribution >= 0.6 is 0 Å². The lowest BCUT2D eigenvalue weighted by Crippen LogP contribution is -2.32. The van der Waals surface area contributed by atoms with Gasteiger partial charge in [-0.3, -0.25) is 0 Å². The summed E-state index contributed by atoms with van der Waals surface area (Å²) in [4.78, 5) is 2.56. The highest BCUT2D eigenvalue weighted by Crippen LogP contribution is 2.30. The average Bonchev–Trinajstić information content (AvgIpc) is 2.73. The number of hydrogen-bond donors (Lipinski definition) is 1. The van der Waals surface area contributed by atoms with Crippen molar-refractivity contribution in [1.82, 2.24) is 4.90 Å². The maximum atomic E-state index is 5.45. The first-order valence-electron chi connectivity index (χ1n) is 7.86. The van der Waals surface area contributed by atoms with Gasteiger partial charge in [0.1, 0.15) is 11.5 Å². The van der Waals surface area contributed by atoms with Gasteiger partial charge < -0.3 is 19.7 Å². The van der Waals surface area contributed by atoms with Crippen LogP contribution in [0.1, 0.15) is 33.1 Å². The fourth-order valence-corrected chi connectivity index (χ4v) is 2.93. The first-order chi connectivity index (χ1) is 10.1. The highest BCUT2D eigenvalue weighted by molar-refractivity contribution is 5.60. The second-order valence-corrected chi connectivity index (χ2v) is 5.97. The zero-order valence-corrected chi connectivity index (χ0v) is 13.7. The molecule has 118 valence electrons. The molecule has 1 aliphatic rings. The summed E-state index contributed by atoms with van der Waals surface area (Å²) in [5.41, 5.74) is 1.03. The normalized spacial score (nSPS) is 20.1. The number of nitrogens with zero attached hydrogens (tertiary/aromatic N) is 1. The van der Waals surface area contributed by atoms with Gasteiger partial charge in [0.2, 0.25) is 0 Å². The molecule has 1 aromatic carbocycles. The molecule has 0 spiro atoms. The molecule has 2 rings (SSSR count). The van der Waals surface area contributed by atoms with E-state index in [2.05, 4.69) is 24.1 Å². The van der Waals surface area contributed by atoms with Crippen LogP contribution in [0.3, 0.4) is 0 Å². The summed E-state index contributed by atoms with van der Waals surface area (Å²) in [6.07, 6.45) is 3.60. The minimum absolute atomic E-state index is 0.495. The second kappa shape index (κ2) is 7.55. The highest BCUT2D eigenvalue weighted by atomic mass is 16.5. The van der Waals surface area contributed by atoms with E-state index in [0.717, 1.165) is 23.7 Å². The molecule has 21 heavy (non-hydrogen) atoms. The SMILES string of the molecule is COc1ccc(OC)c(NC2CCCN(C(C)C)CC2)c1. The Kier molecular flexibility index (Phi) is 5.74. The Balaban J connectivity index is 2.04. The Hall–Kier alpha value is -1.42. The van der Waals surface area contributed by atoms with E-state index < -0.39 is 0 Å². The topological polar surface area (TPSA) is 33.7 Å². The maximum absolute atomic E-state index is 5.45. The zero-order chi connectivity index (χ0) is 15.2. The first-order valence-corrected chi connectivity index (χ1v) is 7.86. The molecule has 1 saturated heterocycles. The molecule has 1 N–H and O–H groups in total. The molecule has 1 fully saturated rings. The van der Waals surface area contributed by atoms with Crippen molar-refractivity contribution in [3.63, 3.8) is 0 Å². The third-order valence-electron chi connectivity index (χ3n) is 4.26. The minimum Gasteiger partial charge on any atom is -0.497 e. The van der Waals surface area contributed by atoms with Crippen molar-refractivity contribution in [2.24, 2.45) is 0 Å². The van der Waals surface area contributed by atoms with Crippen molar-refractivity contribution in [3.8, 4) is 11.5 Å². The summed E-state index contributed by atoms with van der Waals surface area (Å²) < 4.78 is 10.8. The number of anilines is 1. The number of methoxy groups -OCH3 is 2. The van der Waals surface area contributed by atoms with E-state index >= 15 is 0 Å². The van der Waals surface area contributed by atoms with Crippen molar-refractivity contribution in [2.45, 2.75) is 45.2 Å². The quantitative estimate of drug-likeness (QED) is 0.902. The predicted octanol–water partition coefficient (Wildman–Crippen LogP) is 3.38. The molecule has 0 bridgehead atoms. The second-order valence-electron chi connectivity index (χ2n) is 5.97. The largest absolute Gasteiger partial charge is 0.497 e. The Bertz CT molecular complexity index is 448. The maximum Gasteiger partial charge on any atom is 0.142 e. The summed E-state index contributed by atoms with van der Waals surface area (Å²) in [7, 11) is 3.40. The first kappa shape index (κ1) is 16.0. The molecular weight excluding hydrogens is 264 g/mol. The van der Waals surface area contributed by atoms with Crippen molar-refractivity contribution in [1.29, 1.82) is 0 Å². The molecule has 0 aliphatic carbocycles. The molecule has 1 aromatic rings. The van der Waals surface area contributed by atoms with Crippen LogP contribution in [-0.2, 0) is 0 Å². The van der Waals surface area contributed by atoms with Crippen LogP contribution < -0.4 is 14.8 Å². The molecule has 0 amide bonds. The molecule has 1 aliphatic heterocycles. The van der Waals surface area contributed by atoms with E-state index in [0.29, 0.717) is 12.1 Å². The average molecular weight is 292 g/mol. The lowest BCUT2D eigenvalue weighted by Gasteiger charge is -2.24. The lowest BCUT2D eigenvalue weighted by molar-refractivity contribution is 0.230. The van der Waals surface area contributed by atoms with Crippen LogP contribution in [0.2, 0.25) is 0 Å². The monoisotopic (exact) mass is 292 g/mol. The molecule has 1 atom stereocenters. The lowest BCUT2D eigenvalue weighted by atomic mass is 10.1. The van der Waals surface area contributed by atoms with Crippen molar-refractivity contribution < 1.29 is 9.47 Å². The summed E-state index contributed by atoms with van der Waals surface area (Å²) in [6, 6.07) is 7.03. The van der Waals surface area contributed by atoms with Gasteiger partial charge in [-0.05, 0) is 51.8 Å². The third kappa shape index (κ3) is 4.27. The number of benzene rings is 1. The number of likely N-dealkylation sites (tertiary alicyclic amines) is 1. The van der Waals surface area contributed by atoms with Crippen molar-refractivity contribution >= 4 is 5.69 Å². The summed E-state index contributed by atoms with van der Waals surface area (Å²) >= 11 is 0. The van der Waals surface area contributed by atoms with Crippen LogP contribution in [0, 0.1) is 0 Å². The molecular formula is C17H28N2O2. The number of nitrogens with one attached hydrogen (secondary N) is 1. The van der Waals surface area contributed by atoms with Gasteiger partial charge in [0.05, 0.1) is 19.9 Å². The Labute approximate surface area is 128 Å². The van der Waals surface area contributed by atoms with E-state index in [-0.39, 0.29) is 0 Å². The van der Waals surface area contributed by atoms with Crippen LogP contribution in [-0.4, -0.2) is 44.3 Å². The smallest absolute Gasteiger partial charge is 0.142 e. The predicted molar refractivity (Wildman–Crippen MR) is 87.5 cm³/mol. The molecule has 4 heteroatoms. The van der Waals surface area contributed by atoms with Crippen LogP contribution in [0.15, 0.2) is 18.2 Å². The standard InChI is InChI=1S/C17H28N2O2/c1-13(2)19-10-5-6-14(9-11-19)18-16-12-15(20-3)7-8-17(16)21-4/h7-8,12-14,18H,5-6,9-11H2,1-4H3. The highest BCUT2D eigenvalue weighted by Gasteiger charge is 2.19. The van der Waals surface area contributed by atoms with Crippen LogP contribution in [0.4, 0.5) is 5.69 Å². The number of rotatable bonds is 5. The van der Waals surface area contributed by atoms with Gasteiger partial charge in [-0.2, -0.15) is 0 Å². The van der Waals surface area contributed by atoms with E-state index in [1.165, 1.54) is 25.8 Å². The molecule has 1 unspecified atom stereocenters. The van der Waals surface area contributed by atoms with Crippen LogP contribution in [0.5, 0.6) is 11.5 Å².